The van der Waals surface area contributed by atoms with E-state index in [1.165, 1.54) is 25.8 Å². The van der Waals surface area contributed by atoms with Crippen LogP contribution in [0.5, 0.6) is 0 Å². The maximum Gasteiger partial charge on any atom is 0.145 e. The largest absolute Gasteiger partial charge is 0.351 e. The normalized spacial score (nSPS) is 28.0. The first-order chi connectivity index (χ1) is 9.28. The van der Waals surface area contributed by atoms with E-state index in [4.69, 9.17) is 5.84 Å². The van der Waals surface area contributed by atoms with Crippen LogP contribution in [-0.2, 0) is 0 Å². The molecule has 0 bridgehead atoms. The van der Waals surface area contributed by atoms with Gasteiger partial charge in [-0.2, -0.15) is 0 Å². The molecule has 104 valence electrons. The molecule has 2 aliphatic heterocycles. The standard InChI is InChI=1S/C13H22N6/c1-10-7-18-5-3-2-4-11(18)8-19(10)13-6-12(17-14)15-9-16-13/h6,9-11H,2-5,7-8,14H2,1H3,(H,15,16,17). The SMILES string of the molecule is CC1CN2CCCCC2CN1c1cc(NN)ncn1. The van der Waals surface area contributed by atoms with Crippen LogP contribution < -0.4 is 16.2 Å². The summed E-state index contributed by atoms with van der Waals surface area (Å²) in [5, 5.41) is 0. The number of aromatic nitrogens is 2. The second kappa shape index (κ2) is 5.30. The van der Waals surface area contributed by atoms with Gasteiger partial charge < -0.3 is 10.3 Å². The maximum atomic E-state index is 5.42. The summed E-state index contributed by atoms with van der Waals surface area (Å²) in [4.78, 5) is 13.5. The molecule has 2 fully saturated rings. The van der Waals surface area contributed by atoms with Gasteiger partial charge in [0.1, 0.15) is 18.0 Å². The lowest BCUT2D eigenvalue weighted by atomic mass is 9.97. The third-order valence-corrected chi connectivity index (χ3v) is 4.28. The van der Waals surface area contributed by atoms with Gasteiger partial charge >= 0.3 is 0 Å². The van der Waals surface area contributed by atoms with E-state index in [9.17, 15) is 0 Å². The van der Waals surface area contributed by atoms with Gasteiger partial charge in [-0.05, 0) is 26.3 Å². The number of nitrogens with one attached hydrogen (secondary N) is 1. The number of piperazine rings is 1. The molecule has 0 amide bonds. The van der Waals surface area contributed by atoms with Gasteiger partial charge in [0.2, 0.25) is 0 Å². The predicted octanol–water partition coefficient (Wildman–Crippen LogP) is 0.825. The summed E-state index contributed by atoms with van der Waals surface area (Å²) in [6, 6.07) is 3.08. The van der Waals surface area contributed by atoms with E-state index < -0.39 is 0 Å². The van der Waals surface area contributed by atoms with Crippen molar-refractivity contribution < 1.29 is 0 Å². The van der Waals surface area contributed by atoms with Crippen LogP contribution in [0.15, 0.2) is 12.4 Å². The minimum atomic E-state index is 0.481. The topological polar surface area (TPSA) is 70.3 Å². The highest BCUT2D eigenvalue weighted by Gasteiger charge is 2.33. The van der Waals surface area contributed by atoms with Gasteiger partial charge in [0, 0.05) is 31.2 Å². The summed E-state index contributed by atoms with van der Waals surface area (Å²) < 4.78 is 0. The van der Waals surface area contributed by atoms with Gasteiger partial charge in [0.15, 0.2) is 0 Å². The van der Waals surface area contributed by atoms with E-state index in [2.05, 4.69) is 32.1 Å². The summed E-state index contributed by atoms with van der Waals surface area (Å²) in [7, 11) is 0. The summed E-state index contributed by atoms with van der Waals surface area (Å²) in [6.45, 7) is 5.70. The number of anilines is 2. The first-order valence-electron chi connectivity index (χ1n) is 7.07. The minimum absolute atomic E-state index is 0.481. The van der Waals surface area contributed by atoms with Gasteiger partial charge in [-0.1, -0.05) is 6.42 Å². The van der Waals surface area contributed by atoms with E-state index >= 15 is 0 Å². The van der Waals surface area contributed by atoms with E-state index in [0.717, 1.165) is 18.9 Å². The van der Waals surface area contributed by atoms with Gasteiger partial charge in [-0.3, -0.25) is 4.90 Å². The van der Waals surface area contributed by atoms with Gasteiger partial charge in [-0.15, -0.1) is 0 Å². The zero-order chi connectivity index (χ0) is 13.2. The molecule has 1 aromatic rings. The maximum absolute atomic E-state index is 5.42. The number of hydrazine groups is 1. The van der Waals surface area contributed by atoms with Gasteiger partial charge in [0.25, 0.3) is 0 Å². The van der Waals surface area contributed by atoms with Crippen LogP contribution in [0, 0.1) is 0 Å². The lowest BCUT2D eigenvalue weighted by Crippen LogP contribution is -2.59. The Morgan fingerprint density at radius 1 is 1.32 bits per heavy atom. The molecule has 3 heterocycles. The van der Waals surface area contributed by atoms with Gasteiger partial charge in [-0.25, -0.2) is 15.8 Å². The van der Waals surface area contributed by atoms with Crippen LogP contribution in [0.25, 0.3) is 0 Å². The number of rotatable bonds is 2. The van der Waals surface area contributed by atoms with E-state index in [1.54, 1.807) is 6.33 Å². The first kappa shape index (κ1) is 12.6. The number of nitrogen functional groups attached to an aromatic ring is 1. The fraction of sp³-hybridized carbons (Fsp3) is 0.692. The smallest absolute Gasteiger partial charge is 0.145 e. The number of hydrogen-bond donors (Lipinski definition) is 2. The Bertz CT molecular complexity index is 437. The molecule has 1 aromatic heterocycles. The highest BCUT2D eigenvalue weighted by Crippen LogP contribution is 2.27. The lowest BCUT2D eigenvalue weighted by Gasteiger charge is -2.48. The molecule has 0 radical (unpaired) electrons. The Kier molecular flexibility index (Phi) is 3.52. The molecule has 2 atom stereocenters. The van der Waals surface area contributed by atoms with Crippen molar-refractivity contribution >= 4 is 11.6 Å². The lowest BCUT2D eigenvalue weighted by molar-refractivity contribution is 0.115. The molecule has 2 saturated heterocycles. The third-order valence-electron chi connectivity index (χ3n) is 4.28. The number of nitrogens with two attached hydrogens (primary N) is 1. The van der Waals surface area contributed by atoms with Crippen molar-refractivity contribution in [3.63, 3.8) is 0 Å². The number of fused-ring (bicyclic) bond motifs is 1. The highest BCUT2D eigenvalue weighted by atomic mass is 15.3. The van der Waals surface area contributed by atoms with Crippen molar-refractivity contribution in [2.24, 2.45) is 5.84 Å². The van der Waals surface area contributed by atoms with Crippen molar-refractivity contribution in [2.75, 3.05) is 30.0 Å². The molecule has 0 spiro atoms. The van der Waals surface area contributed by atoms with E-state index in [-0.39, 0.29) is 0 Å². The second-order valence-electron chi connectivity index (χ2n) is 5.55. The molecule has 3 rings (SSSR count). The molecule has 0 aliphatic carbocycles. The Labute approximate surface area is 114 Å². The first-order valence-corrected chi connectivity index (χ1v) is 7.07. The quantitative estimate of drug-likeness (QED) is 0.607. The Hall–Kier alpha value is -1.40. The molecule has 3 N–H and O–H groups in total. The molecular weight excluding hydrogens is 240 g/mol. The van der Waals surface area contributed by atoms with Crippen molar-refractivity contribution in [3.05, 3.63) is 12.4 Å². The average Bonchev–Trinajstić information content (AvgIpc) is 2.46. The van der Waals surface area contributed by atoms with Crippen molar-refractivity contribution in [1.82, 2.24) is 14.9 Å². The summed E-state index contributed by atoms with van der Waals surface area (Å²) in [5.74, 6) is 7.06. The molecule has 2 unspecified atom stereocenters. The Balaban J connectivity index is 1.79. The Morgan fingerprint density at radius 3 is 3.05 bits per heavy atom. The Morgan fingerprint density at radius 2 is 2.21 bits per heavy atom. The van der Waals surface area contributed by atoms with Crippen molar-refractivity contribution in [1.29, 1.82) is 0 Å². The molecule has 19 heavy (non-hydrogen) atoms. The molecular formula is C13H22N6. The molecule has 2 aliphatic rings. The second-order valence-corrected chi connectivity index (χ2v) is 5.55. The zero-order valence-electron chi connectivity index (χ0n) is 11.4. The molecule has 0 aromatic carbocycles. The minimum Gasteiger partial charge on any atom is -0.351 e. The monoisotopic (exact) mass is 262 g/mol. The molecule has 6 heteroatoms. The van der Waals surface area contributed by atoms with Crippen LogP contribution in [0.1, 0.15) is 26.2 Å². The summed E-state index contributed by atoms with van der Waals surface area (Å²) in [5.41, 5.74) is 2.59. The van der Waals surface area contributed by atoms with Crippen LogP contribution in [0.3, 0.4) is 0 Å². The third kappa shape index (κ3) is 2.50. The highest BCUT2D eigenvalue weighted by molar-refractivity contribution is 5.49. The zero-order valence-corrected chi connectivity index (χ0v) is 11.4. The van der Waals surface area contributed by atoms with E-state index in [0.29, 0.717) is 17.9 Å². The van der Waals surface area contributed by atoms with E-state index in [1.807, 2.05) is 6.07 Å². The average molecular weight is 262 g/mol. The fourth-order valence-corrected chi connectivity index (χ4v) is 3.25. The van der Waals surface area contributed by atoms with Crippen molar-refractivity contribution in [3.8, 4) is 0 Å². The molecule has 6 nitrogen and oxygen atoms in total. The van der Waals surface area contributed by atoms with Crippen molar-refractivity contribution in [2.45, 2.75) is 38.3 Å². The molecule has 0 saturated carbocycles. The van der Waals surface area contributed by atoms with Crippen LogP contribution in [0.2, 0.25) is 0 Å². The van der Waals surface area contributed by atoms with Crippen LogP contribution >= 0.6 is 0 Å². The number of piperidine rings is 1. The number of nitrogens with zero attached hydrogens (tertiary/aromatic N) is 4. The van der Waals surface area contributed by atoms with Crippen LogP contribution in [-0.4, -0.2) is 46.6 Å². The number of hydrogen-bond acceptors (Lipinski definition) is 6. The van der Waals surface area contributed by atoms with Gasteiger partial charge in [0.05, 0.1) is 0 Å². The fourth-order valence-electron chi connectivity index (χ4n) is 3.25. The predicted molar refractivity (Wildman–Crippen MR) is 75.9 cm³/mol. The van der Waals surface area contributed by atoms with Crippen LogP contribution in [0.4, 0.5) is 11.6 Å². The summed E-state index contributed by atoms with van der Waals surface area (Å²) in [6.07, 6.45) is 5.57. The summed E-state index contributed by atoms with van der Waals surface area (Å²) >= 11 is 0.